The Morgan fingerprint density at radius 2 is 1.80 bits per heavy atom. The zero-order valence-electron chi connectivity index (χ0n) is 26.5. The SMILES string of the molecule is Cc1cc(C(Nc2ccc3cc[nH]c(=O)c3c2)C(=O)N(C)Cc2cc(N)ccc2C(=O)N2CCCC2)ccc1[C@@H](C)CCC(=O)O. The maximum atomic E-state index is 14.3. The highest BCUT2D eigenvalue weighted by atomic mass is 16.4. The van der Waals surface area contributed by atoms with Crippen LogP contribution in [0.25, 0.3) is 10.8 Å². The first kappa shape index (κ1) is 32.3. The molecule has 1 aliphatic heterocycles. The van der Waals surface area contributed by atoms with Crippen LogP contribution in [0.3, 0.4) is 0 Å². The van der Waals surface area contributed by atoms with Crippen molar-refractivity contribution < 1.29 is 19.5 Å². The van der Waals surface area contributed by atoms with E-state index in [1.165, 1.54) is 0 Å². The lowest BCUT2D eigenvalue weighted by molar-refractivity contribution is -0.137. The first-order chi connectivity index (χ1) is 22.0. The number of hydrogen-bond acceptors (Lipinski definition) is 6. The largest absolute Gasteiger partial charge is 0.481 e. The zero-order valence-corrected chi connectivity index (χ0v) is 26.5. The lowest BCUT2D eigenvalue weighted by Gasteiger charge is -2.28. The van der Waals surface area contributed by atoms with Gasteiger partial charge in [-0.1, -0.05) is 31.2 Å². The fourth-order valence-electron chi connectivity index (χ4n) is 6.25. The number of aliphatic carboxylic acids is 1. The number of likely N-dealkylation sites (tertiary alicyclic amines) is 1. The van der Waals surface area contributed by atoms with Crippen molar-refractivity contribution in [1.29, 1.82) is 0 Å². The summed E-state index contributed by atoms with van der Waals surface area (Å²) in [6.07, 6.45) is 4.12. The van der Waals surface area contributed by atoms with Crippen LogP contribution < -0.4 is 16.6 Å². The van der Waals surface area contributed by atoms with E-state index < -0.39 is 12.0 Å². The molecule has 1 unspecified atom stereocenters. The van der Waals surface area contributed by atoms with E-state index in [0.717, 1.165) is 29.4 Å². The van der Waals surface area contributed by atoms with Crippen molar-refractivity contribution in [3.63, 3.8) is 0 Å². The van der Waals surface area contributed by atoms with Gasteiger partial charge in [0, 0.05) is 61.6 Å². The minimum absolute atomic E-state index is 0.0252. The number of aromatic amines is 1. The number of likely N-dealkylation sites (N-methyl/N-ethyl adjacent to an activating group) is 1. The molecule has 2 amide bonds. The van der Waals surface area contributed by atoms with E-state index in [9.17, 15) is 19.2 Å². The molecule has 46 heavy (non-hydrogen) atoms. The highest BCUT2D eigenvalue weighted by Gasteiger charge is 2.28. The number of aromatic nitrogens is 1. The van der Waals surface area contributed by atoms with Gasteiger partial charge < -0.3 is 30.9 Å². The van der Waals surface area contributed by atoms with Gasteiger partial charge in [-0.05, 0) is 96.1 Å². The molecule has 0 radical (unpaired) electrons. The summed E-state index contributed by atoms with van der Waals surface area (Å²) >= 11 is 0. The molecule has 1 aromatic heterocycles. The van der Waals surface area contributed by atoms with Gasteiger partial charge in [-0.25, -0.2) is 0 Å². The van der Waals surface area contributed by atoms with Gasteiger partial charge in [0.1, 0.15) is 6.04 Å². The smallest absolute Gasteiger partial charge is 0.303 e. The number of carboxylic acids is 1. The van der Waals surface area contributed by atoms with Gasteiger partial charge in [0.2, 0.25) is 5.91 Å². The first-order valence-electron chi connectivity index (χ1n) is 15.6. The van der Waals surface area contributed by atoms with Gasteiger partial charge in [-0.15, -0.1) is 0 Å². The van der Waals surface area contributed by atoms with Gasteiger partial charge in [-0.3, -0.25) is 19.2 Å². The molecule has 1 aliphatic rings. The van der Waals surface area contributed by atoms with Crippen molar-refractivity contribution in [1.82, 2.24) is 14.8 Å². The van der Waals surface area contributed by atoms with Gasteiger partial charge >= 0.3 is 5.97 Å². The number of pyridine rings is 1. The highest BCUT2D eigenvalue weighted by Crippen LogP contribution is 2.30. The van der Waals surface area contributed by atoms with E-state index in [1.54, 1.807) is 42.4 Å². The summed E-state index contributed by atoms with van der Waals surface area (Å²) in [6.45, 7) is 5.54. The minimum atomic E-state index is -0.835. The summed E-state index contributed by atoms with van der Waals surface area (Å²) in [7, 11) is 1.70. The lowest BCUT2D eigenvalue weighted by Crippen LogP contribution is -2.36. The van der Waals surface area contributed by atoms with Crippen molar-refractivity contribution in [2.75, 3.05) is 31.2 Å². The number of H-pyrrole nitrogens is 1. The average Bonchev–Trinajstić information content (AvgIpc) is 3.57. The van der Waals surface area contributed by atoms with Crippen LogP contribution in [0.5, 0.6) is 0 Å². The van der Waals surface area contributed by atoms with Crippen LogP contribution in [0, 0.1) is 6.92 Å². The van der Waals surface area contributed by atoms with Crippen LogP contribution in [0.1, 0.15) is 77.2 Å². The number of amides is 2. The number of hydrogen-bond donors (Lipinski definition) is 4. The summed E-state index contributed by atoms with van der Waals surface area (Å²) in [5.41, 5.74) is 10.9. The Morgan fingerprint density at radius 1 is 1.04 bits per heavy atom. The summed E-state index contributed by atoms with van der Waals surface area (Å²) in [4.78, 5) is 57.5. The summed E-state index contributed by atoms with van der Waals surface area (Å²) in [6, 6.07) is 17.4. The van der Waals surface area contributed by atoms with Crippen molar-refractivity contribution in [3.8, 4) is 0 Å². The quantitative estimate of drug-likeness (QED) is 0.163. The summed E-state index contributed by atoms with van der Waals surface area (Å²) < 4.78 is 0. The van der Waals surface area contributed by atoms with Gasteiger partial charge in [0.25, 0.3) is 11.5 Å². The third-order valence-corrected chi connectivity index (χ3v) is 8.82. The number of carbonyl (C=O) groups is 3. The number of carbonyl (C=O) groups excluding carboxylic acids is 2. The molecule has 0 bridgehead atoms. The molecule has 0 spiro atoms. The molecule has 1 saturated heterocycles. The maximum Gasteiger partial charge on any atom is 0.303 e. The maximum absolute atomic E-state index is 14.3. The Kier molecular flexibility index (Phi) is 9.75. The second kappa shape index (κ2) is 13.9. The molecule has 5 rings (SSSR count). The van der Waals surface area contributed by atoms with Gasteiger partial charge in [0.15, 0.2) is 0 Å². The van der Waals surface area contributed by atoms with Crippen molar-refractivity contribution >= 4 is 39.9 Å². The molecule has 240 valence electrons. The number of aryl methyl sites for hydroxylation is 1. The standard InChI is InChI=1S/C36H41N5O5/c1-22(6-13-32(42)43)29-11-8-25(18-23(29)2)33(39-28-10-7-24-14-15-38-34(44)31(24)20-28)36(46)40(3)21-26-19-27(37)9-12-30(26)35(45)41-16-4-5-17-41/h7-12,14-15,18-20,22,33,39H,4-6,13,16-17,21,37H2,1-3H3,(H,38,44)(H,42,43)/t22-,33?/m0/s1. The second-order valence-electron chi connectivity index (χ2n) is 12.2. The number of nitrogens with one attached hydrogen (secondary N) is 2. The van der Waals surface area contributed by atoms with Crippen molar-refractivity contribution in [2.24, 2.45) is 0 Å². The van der Waals surface area contributed by atoms with Gasteiger partial charge in [0.05, 0.1) is 0 Å². The van der Waals surface area contributed by atoms with Crippen LogP contribution in [0.4, 0.5) is 11.4 Å². The number of benzene rings is 3. The van der Waals surface area contributed by atoms with E-state index >= 15 is 0 Å². The molecule has 10 nitrogen and oxygen atoms in total. The third kappa shape index (κ3) is 7.22. The fraction of sp³-hybridized carbons (Fsp3) is 0.333. The average molecular weight is 624 g/mol. The Bertz CT molecular complexity index is 1830. The number of rotatable bonds is 11. The second-order valence-corrected chi connectivity index (χ2v) is 12.2. The number of nitrogens with two attached hydrogens (primary N) is 1. The van der Waals surface area contributed by atoms with Crippen molar-refractivity contribution in [3.05, 3.63) is 105 Å². The number of nitrogen functional groups attached to an aromatic ring is 1. The summed E-state index contributed by atoms with van der Waals surface area (Å²) in [5.74, 6) is -1.11. The van der Waals surface area contributed by atoms with Crippen LogP contribution in [-0.4, -0.2) is 57.8 Å². The Labute approximate surface area is 268 Å². The molecule has 3 aromatic carbocycles. The zero-order chi connectivity index (χ0) is 33.0. The molecular weight excluding hydrogens is 582 g/mol. The Balaban J connectivity index is 1.47. The number of anilines is 2. The Hall–Kier alpha value is -5.12. The molecule has 2 atom stereocenters. The molecule has 4 aromatic rings. The molecule has 0 aliphatic carbocycles. The predicted octanol–water partition coefficient (Wildman–Crippen LogP) is 5.43. The topological polar surface area (TPSA) is 149 Å². The summed E-state index contributed by atoms with van der Waals surface area (Å²) in [5, 5.41) is 13.8. The molecule has 0 saturated carbocycles. The fourth-order valence-corrected chi connectivity index (χ4v) is 6.25. The molecular formula is C36H41N5O5. The van der Waals surface area contributed by atoms with Gasteiger partial charge in [-0.2, -0.15) is 0 Å². The van der Waals surface area contributed by atoms with E-state index in [2.05, 4.69) is 10.3 Å². The van der Waals surface area contributed by atoms with E-state index in [1.807, 2.05) is 55.1 Å². The lowest BCUT2D eigenvalue weighted by atomic mass is 9.90. The van der Waals surface area contributed by atoms with Crippen LogP contribution in [0.15, 0.2) is 71.7 Å². The third-order valence-electron chi connectivity index (χ3n) is 8.82. The molecule has 2 heterocycles. The molecule has 1 fully saturated rings. The van der Waals surface area contributed by atoms with E-state index in [-0.39, 0.29) is 36.3 Å². The van der Waals surface area contributed by atoms with Crippen LogP contribution in [-0.2, 0) is 16.1 Å². The number of nitrogens with zero attached hydrogens (tertiary/aromatic N) is 2. The minimum Gasteiger partial charge on any atom is -0.481 e. The first-order valence-corrected chi connectivity index (χ1v) is 15.6. The monoisotopic (exact) mass is 623 g/mol. The van der Waals surface area contributed by atoms with Crippen LogP contribution >= 0.6 is 0 Å². The number of carboxylic acid groups (broad SMARTS) is 1. The van der Waals surface area contributed by atoms with E-state index in [4.69, 9.17) is 10.8 Å². The van der Waals surface area contributed by atoms with Crippen molar-refractivity contribution in [2.45, 2.75) is 58.0 Å². The van der Waals surface area contributed by atoms with Crippen LogP contribution in [0.2, 0.25) is 0 Å². The molecule has 10 heteroatoms. The normalized spacial score (nSPS) is 14.2. The highest BCUT2D eigenvalue weighted by molar-refractivity contribution is 5.96. The van der Waals surface area contributed by atoms with E-state index in [0.29, 0.717) is 53.0 Å². The molecule has 5 N–H and O–H groups in total. The number of fused-ring (bicyclic) bond motifs is 1. The Morgan fingerprint density at radius 3 is 2.52 bits per heavy atom. The predicted molar refractivity (Wildman–Crippen MR) is 180 cm³/mol.